The molecular formula is C17H24O2. The first-order valence-corrected chi connectivity index (χ1v) is 7.39. The molecule has 0 heterocycles. The normalized spacial score (nSPS) is 33.4. The third kappa shape index (κ3) is 1.97. The zero-order valence-electron chi connectivity index (χ0n) is 12.0. The summed E-state index contributed by atoms with van der Waals surface area (Å²) >= 11 is 0. The predicted octanol–water partition coefficient (Wildman–Crippen LogP) is 3.59. The maximum absolute atomic E-state index is 9.62. The summed E-state index contributed by atoms with van der Waals surface area (Å²) in [4.78, 5) is 0. The van der Waals surface area contributed by atoms with E-state index in [1.165, 1.54) is 49.7 Å². The van der Waals surface area contributed by atoms with Gasteiger partial charge in [-0.2, -0.15) is 0 Å². The van der Waals surface area contributed by atoms with E-state index in [0.717, 1.165) is 5.75 Å². The highest BCUT2D eigenvalue weighted by Crippen LogP contribution is 2.57. The third-order valence-corrected chi connectivity index (χ3v) is 5.74. The van der Waals surface area contributed by atoms with E-state index in [9.17, 15) is 5.11 Å². The number of aryl methyl sites for hydroxylation is 1. The highest BCUT2D eigenvalue weighted by atomic mass is 16.5. The Kier molecular flexibility index (Phi) is 3.09. The second-order valence-corrected chi connectivity index (χ2v) is 6.62. The lowest BCUT2D eigenvalue weighted by atomic mass is 9.52. The zero-order valence-corrected chi connectivity index (χ0v) is 12.0. The van der Waals surface area contributed by atoms with E-state index >= 15 is 0 Å². The maximum atomic E-state index is 9.62. The van der Waals surface area contributed by atoms with Crippen LogP contribution >= 0.6 is 0 Å². The summed E-state index contributed by atoms with van der Waals surface area (Å²) in [7, 11) is 1.73. The van der Waals surface area contributed by atoms with Crippen LogP contribution in [-0.2, 0) is 5.41 Å². The van der Waals surface area contributed by atoms with Gasteiger partial charge in [0.25, 0.3) is 0 Å². The van der Waals surface area contributed by atoms with E-state index in [2.05, 4.69) is 25.1 Å². The van der Waals surface area contributed by atoms with Crippen molar-refractivity contribution in [2.75, 3.05) is 13.7 Å². The Morgan fingerprint density at radius 1 is 1.11 bits per heavy atom. The lowest BCUT2D eigenvalue weighted by molar-refractivity contribution is -0.00690. The van der Waals surface area contributed by atoms with Gasteiger partial charge in [-0.1, -0.05) is 12.1 Å². The monoisotopic (exact) mass is 260 g/mol. The molecule has 2 nitrogen and oxygen atoms in total. The molecule has 3 fully saturated rings. The first-order valence-electron chi connectivity index (χ1n) is 7.39. The minimum atomic E-state index is 0.253. The molecule has 19 heavy (non-hydrogen) atoms. The smallest absolute Gasteiger partial charge is 0.121 e. The Morgan fingerprint density at radius 2 is 1.74 bits per heavy atom. The van der Waals surface area contributed by atoms with Crippen molar-refractivity contribution in [2.24, 2.45) is 5.41 Å². The standard InChI is InChI=1S/C17H24O2/c1-13-11-14(3-4-15(13)19-2)17-8-5-16(12-18,6-9-17)7-10-17/h3-4,11,18H,5-10,12H2,1-2H3. The molecular weight excluding hydrogens is 236 g/mol. The van der Waals surface area contributed by atoms with Gasteiger partial charge in [0.15, 0.2) is 0 Å². The number of hydrogen-bond donors (Lipinski definition) is 1. The van der Waals surface area contributed by atoms with Crippen LogP contribution in [0.2, 0.25) is 0 Å². The maximum Gasteiger partial charge on any atom is 0.121 e. The Bertz CT molecular complexity index is 454. The van der Waals surface area contributed by atoms with Crippen molar-refractivity contribution in [3.8, 4) is 5.75 Å². The van der Waals surface area contributed by atoms with Crippen molar-refractivity contribution in [3.63, 3.8) is 0 Å². The Balaban J connectivity index is 1.89. The van der Waals surface area contributed by atoms with Gasteiger partial charge in [-0.05, 0) is 73.5 Å². The molecule has 0 atom stereocenters. The van der Waals surface area contributed by atoms with E-state index in [1.54, 1.807) is 7.11 Å². The fourth-order valence-electron chi connectivity index (χ4n) is 4.14. The van der Waals surface area contributed by atoms with Gasteiger partial charge in [0.1, 0.15) is 5.75 Å². The summed E-state index contributed by atoms with van der Waals surface area (Å²) in [5.41, 5.74) is 3.34. The van der Waals surface area contributed by atoms with Gasteiger partial charge in [0, 0.05) is 6.61 Å². The molecule has 104 valence electrons. The first-order chi connectivity index (χ1) is 9.13. The van der Waals surface area contributed by atoms with Crippen LogP contribution < -0.4 is 4.74 Å². The third-order valence-electron chi connectivity index (χ3n) is 5.74. The number of aliphatic hydroxyl groups is 1. The fourth-order valence-corrected chi connectivity index (χ4v) is 4.14. The van der Waals surface area contributed by atoms with Crippen LogP contribution in [-0.4, -0.2) is 18.8 Å². The molecule has 0 aromatic heterocycles. The topological polar surface area (TPSA) is 29.5 Å². The highest BCUT2D eigenvalue weighted by molar-refractivity contribution is 5.40. The van der Waals surface area contributed by atoms with Crippen LogP contribution in [0, 0.1) is 12.3 Å². The van der Waals surface area contributed by atoms with Crippen LogP contribution in [0.5, 0.6) is 5.75 Å². The minimum Gasteiger partial charge on any atom is -0.496 e. The van der Waals surface area contributed by atoms with Crippen molar-refractivity contribution in [2.45, 2.75) is 50.9 Å². The Labute approximate surface area is 115 Å². The summed E-state index contributed by atoms with van der Waals surface area (Å²) in [5.74, 6) is 0.983. The second kappa shape index (κ2) is 4.52. The predicted molar refractivity (Wildman–Crippen MR) is 76.6 cm³/mol. The molecule has 0 unspecified atom stereocenters. The summed E-state index contributed by atoms with van der Waals surface area (Å²) in [6.07, 6.45) is 7.27. The van der Waals surface area contributed by atoms with Crippen LogP contribution in [0.3, 0.4) is 0 Å². The van der Waals surface area contributed by atoms with E-state index in [4.69, 9.17) is 4.74 Å². The van der Waals surface area contributed by atoms with E-state index < -0.39 is 0 Å². The molecule has 3 aliphatic carbocycles. The van der Waals surface area contributed by atoms with E-state index in [0.29, 0.717) is 12.0 Å². The van der Waals surface area contributed by atoms with E-state index in [-0.39, 0.29) is 5.41 Å². The van der Waals surface area contributed by atoms with Crippen LogP contribution in [0.25, 0.3) is 0 Å². The number of methoxy groups -OCH3 is 1. The van der Waals surface area contributed by atoms with Gasteiger partial charge in [-0.15, -0.1) is 0 Å². The molecule has 1 aromatic carbocycles. The van der Waals surface area contributed by atoms with Crippen molar-refractivity contribution in [1.82, 2.24) is 0 Å². The number of fused-ring (bicyclic) bond motifs is 3. The van der Waals surface area contributed by atoms with Gasteiger partial charge in [-0.3, -0.25) is 0 Å². The van der Waals surface area contributed by atoms with Gasteiger partial charge in [0.05, 0.1) is 7.11 Å². The average molecular weight is 260 g/mol. The number of benzene rings is 1. The molecule has 3 saturated carbocycles. The van der Waals surface area contributed by atoms with Gasteiger partial charge >= 0.3 is 0 Å². The summed E-state index contributed by atoms with van der Waals surface area (Å²) < 4.78 is 5.36. The molecule has 0 saturated heterocycles. The molecule has 4 rings (SSSR count). The molecule has 3 aliphatic rings. The molecule has 2 heteroatoms. The quantitative estimate of drug-likeness (QED) is 0.900. The van der Waals surface area contributed by atoms with Crippen molar-refractivity contribution < 1.29 is 9.84 Å². The largest absolute Gasteiger partial charge is 0.496 e. The molecule has 1 N–H and O–H groups in total. The Hall–Kier alpha value is -1.02. The number of aliphatic hydroxyl groups excluding tert-OH is 1. The average Bonchev–Trinajstić information content (AvgIpc) is 2.49. The lowest BCUT2D eigenvalue weighted by Gasteiger charge is -2.53. The van der Waals surface area contributed by atoms with E-state index in [1.807, 2.05) is 0 Å². The number of hydrogen-bond acceptors (Lipinski definition) is 2. The minimum absolute atomic E-state index is 0.253. The fraction of sp³-hybridized carbons (Fsp3) is 0.647. The second-order valence-electron chi connectivity index (χ2n) is 6.62. The van der Waals surface area contributed by atoms with Gasteiger partial charge in [-0.25, -0.2) is 0 Å². The summed E-state index contributed by atoms with van der Waals surface area (Å²) in [5, 5.41) is 9.62. The highest BCUT2D eigenvalue weighted by Gasteiger charge is 2.48. The number of ether oxygens (including phenoxy) is 1. The van der Waals surface area contributed by atoms with Crippen molar-refractivity contribution in [1.29, 1.82) is 0 Å². The lowest BCUT2D eigenvalue weighted by Crippen LogP contribution is -2.45. The summed E-state index contributed by atoms with van der Waals surface area (Å²) in [6.45, 7) is 2.51. The summed E-state index contributed by atoms with van der Waals surface area (Å²) in [6, 6.07) is 6.68. The molecule has 0 spiro atoms. The molecule has 0 aliphatic heterocycles. The van der Waals surface area contributed by atoms with Crippen molar-refractivity contribution >= 4 is 0 Å². The molecule has 2 bridgehead atoms. The SMILES string of the molecule is COc1ccc(C23CCC(CO)(CC2)CC3)cc1C. The number of rotatable bonds is 3. The first kappa shape index (κ1) is 13.0. The molecule has 1 aromatic rings. The molecule has 0 radical (unpaired) electrons. The van der Waals surface area contributed by atoms with Crippen LogP contribution in [0.15, 0.2) is 18.2 Å². The van der Waals surface area contributed by atoms with Gasteiger partial charge in [0.2, 0.25) is 0 Å². The van der Waals surface area contributed by atoms with Crippen molar-refractivity contribution in [3.05, 3.63) is 29.3 Å². The van der Waals surface area contributed by atoms with Crippen LogP contribution in [0.4, 0.5) is 0 Å². The molecule has 0 amide bonds. The Morgan fingerprint density at radius 3 is 2.21 bits per heavy atom. The zero-order chi connectivity index (χ0) is 13.5. The van der Waals surface area contributed by atoms with Crippen LogP contribution in [0.1, 0.15) is 49.7 Å². The van der Waals surface area contributed by atoms with Gasteiger partial charge < -0.3 is 9.84 Å².